The summed E-state index contributed by atoms with van der Waals surface area (Å²) >= 11 is 0. The van der Waals surface area contributed by atoms with Gasteiger partial charge in [-0.05, 0) is 45.2 Å². The summed E-state index contributed by atoms with van der Waals surface area (Å²) in [5, 5.41) is 0. The van der Waals surface area contributed by atoms with Crippen LogP contribution in [0.15, 0.2) is 24.7 Å². The molecule has 3 nitrogen and oxygen atoms in total. The molecule has 19 heavy (non-hydrogen) atoms. The van der Waals surface area contributed by atoms with Gasteiger partial charge in [-0.15, -0.1) is 0 Å². The maximum atomic E-state index is 4.59. The van der Waals surface area contributed by atoms with Crippen molar-refractivity contribution in [2.45, 2.75) is 59.7 Å². The molecule has 2 heterocycles. The molecule has 0 aliphatic carbocycles. The number of pyridine rings is 1. The molecule has 0 saturated heterocycles. The van der Waals surface area contributed by atoms with Gasteiger partial charge in [0.1, 0.15) is 6.17 Å². The zero-order valence-corrected chi connectivity index (χ0v) is 12.9. The van der Waals surface area contributed by atoms with Gasteiger partial charge in [0.2, 0.25) is 0 Å². The van der Waals surface area contributed by atoms with Crippen LogP contribution in [0.2, 0.25) is 0 Å². The van der Waals surface area contributed by atoms with Crippen molar-refractivity contribution in [2.24, 2.45) is 0 Å². The Balaban J connectivity index is 2.27. The molecule has 1 aliphatic heterocycles. The number of aromatic nitrogens is 1. The molecular weight excluding hydrogens is 234 g/mol. The van der Waals surface area contributed by atoms with Gasteiger partial charge in [0.05, 0.1) is 11.9 Å². The van der Waals surface area contributed by atoms with Crippen molar-refractivity contribution >= 4 is 5.69 Å². The predicted molar refractivity (Wildman–Crippen MR) is 81.1 cm³/mol. The van der Waals surface area contributed by atoms with E-state index in [0.717, 1.165) is 5.69 Å². The quantitative estimate of drug-likeness (QED) is 0.821. The lowest BCUT2D eigenvalue weighted by atomic mass is 10.1. The number of anilines is 1. The third-order valence-corrected chi connectivity index (χ3v) is 3.80. The molecule has 3 heteroatoms. The summed E-state index contributed by atoms with van der Waals surface area (Å²) in [6.07, 6.45) is 6.69. The fourth-order valence-corrected chi connectivity index (χ4v) is 2.58. The summed E-state index contributed by atoms with van der Waals surface area (Å²) in [6.45, 7) is 13.2. The number of hydrogen-bond acceptors (Lipinski definition) is 3. The highest BCUT2D eigenvalue weighted by Gasteiger charge is 2.26. The van der Waals surface area contributed by atoms with Gasteiger partial charge < -0.3 is 9.80 Å². The van der Waals surface area contributed by atoms with E-state index < -0.39 is 0 Å². The Labute approximate surface area is 116 Å². The topological polar surface area (TPSA) is 19.4 Å². The van der Waals surface area contributed by atoms with Crippen molar-refractivity contribution in [1.29, 1.82) is 0 Å². The molecule has 0 fully saturated rings. The molecule has 1 aromatic rings. The molecule has 104 valence electrons. The Morgan fingerprint density at radius 1 is 1.16 bits per heavy atom. The molecule has 0 spiro atoms. The third-order valence-electron chi connectivity index (χ3n) is 3.80. The van der Waals surface area contributed by atoms with Crippen molar-refractivity contribution in [1.82, 2.24) is 9.88 Å². The van der Waals surface area contributed by atoms with Gasteiger partial charge in [-0.1, -0.05) is 13.8 Å². The average molecular weight is 259 g/mol. The van der Waals surface area contributed by atoms with Gasteiger partial charge in [-0.2, -0.15) is 0 Å². The van der Waals surface area contributed by atoms with E-state index in [9.17, 15) is 0 Å². The lowest BCUT2D eigenvalue weighted by Gasteiger charge is -2.33. The minimum absolute atomic E-state index is 0.352. The molecule has 1 unspecified atom stereocenters. The SMILES string of the molecule is Cc1cc(C(C)C)ncc1N1C=CN(C(C)C)C1C. The van der Waals surface area contributed by atoms with E-state index in [1.54, 1.807) is 0 Å². The van der Waals surface area contributed by atoms with Crippen LogP contribution < -0.4 is 4.90 Å². The fraction of sp³-hybridized carbons (Fsp3) is 0.562. The number of nitrogens with zero attached hydrogens (tertiary/aromatic N) is 3. The normalized spacial score (nSPS) is 19.1. The van der Waals surface area contributed by atoms with Crippen LogP contribution >= 0.6 is 0 Å². The molecule has 0 amide bonds. The van der Waals surface area contributed by atoms with Crippen molar-refractivity contribution in [3.8, 4) is 0 Å². The minimum Gasteiger partial charge on any atom is -0.353 e. The fourth-order valence-electron chi connectivity index (χ4n) is 2.58. The van der Waals surface area contributed by atoms with E-state index in [0.29, 0.717) is 18.1 Å². The number of aryl methyl sites for hydroxylation is 1. The summed E-state index contributed by atoms with van der Waals surface area (Å²) in [5.74, 6) is 0.478. The number of hydrogen-bond donors (Lipinski definition) is 0. The van der Waals surface area contributed by atoms with Crippen LogP contribution in [-0.2, 0) is 0 Å². The maximum Gasteiger partial charge on any atom is 0.103 e. The highest BCUT2D eigenvalue weighted by Crippen LogP contribution is 2.29. The van der Waals surface area contributed by atoms with E-state index in [-0.39, 0.29) is 0 Å². The Bertz CT molecular complexity index is 477. The van der Waals surface area contributed by atoms with Gasteiger partial charge in [-0.25, -0.2) is 0 Å². The molecule has 0 aromatic carbocycles. The lowest BCUT2D eigenvalue weighted by Crippen LogP contribution is -2.39. The smallest absolute Gasteiger partial charge is 0.103 e. The minimum atomic E-state index is 0.352. The Kier molecular flexibility index (Phi) is 3.83. The van der Waals surface area contributed by atoms with Gasteiger partial charge >= 0.3 is 0 Å². The molecular formula is C16H25N3. The van der Waals surface area contributed by atoms with Gasteiger partial charge in [0.25, 0.3) is 0 Å². The third kappa shape index (κ3) is 2.60. The number of rotatable bonds is 3. The first-order valence-corrected chi connectivity index (χ1v) is 7.12. The monoisotopic (exact) mass is 259 g/mol. The zero-order chi connectivity index (χ0) is 14.2. The molecule has 1 atom stereocenters. The van der Waals surface area contributed by atoms with Crippen LogP contribution in [0, 0.1) is 6.92 Å². The second kappa shape index (κ2) is 5.24. The second-order valence-electron chi connectivity index (χ2n) is 5.93. The Morgan fingerprint density at radius 3 is 2.32 bits per heavy atom. The van der Waals surface area contributed by atoms with Crippen LogP contribution in [0.1, 0.15) is 51.8 Å². The standard InChI is InChI=1S/C16H25N3/c1-11(2)15-9-13(5)16(10-17-15)19-8-7-18(12(3)4)14(19)6/h7-12,14H,1-6H3. The van der Waals surface area contributed by atoms with E-state index in [1.807, 2.05) is 6.20 Å². The first-order valence-electron chi connectivity index (χ1n) is 7.12. The molecule has 2 rings (SSSR count). The lowest BCUT2D eigenvalue weighted by molar-refractivity contribution is 0.263. The predicted octanol–water partition coefficient (Wildman–Crippen LogP) is 3.86. The summed E-state index contributed by atoms with van der Waals surface area (Å²) in [5.41, 5.74) is 3.66. The first kappa shape index (κ1) is 13.9. The van der Waals surface area contributed by atoms with Crippen LogP contribution in [0.4, 0.5) is 5.69 Å². The van der Waals surface area contributed by atoms with Gasteiger partial charge in [0, 0.05) is 24.1 Å². The van der Waals surface area contributed by atoms with Crippen LogP contribution in [0.5, 0.6) is 0 Å². The molecule has 0 radical (unpaired) electrons. The van der Waals surface area contributed by atoms with Crippen LogP contribution in [0.25, 0.3) is 0 Å². The van der Waals surface area contributed by atoms with Crippen LogP contribution in [-0.4, -0.2) is 22.1 Å². The Morgan fingerprint density at radius 2 is 1.84 bits per heavy atom. The van der Waals surface area contributed by atoms with E-state index >= 15 is 0 Å². The van der Waals surface area contributed by atoms with E-state index in [1.165, 1.54) is 11.3 Å². The van der Waals surface area contributed by atoms with Crippen molar-refractivity contribution in [3.63, 3.8) is 0 Å². The first-order chi connectivity index (χ1) is 8.91. The molecule has 1 aliphatic rings. The highest BCUT2D eigenvalue weighted by molar-refractivity contribution is 5.56. The largest absolute Gasteiger partial charge is 0.353 e. The van der Waals surface area contributed by atoms with E-state index in [2.05, 4.69) is 74.8 Å². The van der Waals surface area contributed by atoms with E-state index in [4.69, 9.17) is 0 Å². The van der Waals surface area contributed by atoms with Gasteiger partial charge in [0.15, 0.2) is 0 Å². The summed E-state index contributed by atoms with van der Waals surface area (Å²) in [4.78, 5) is 9.25. The molecule has 1 aromatic heterocycles. The molecule has 0 saturated carbocycles. The highest BCUT2D eigenvalue weighted by atomic mass is 15.4. The van der Waals surface area contributed by atoms with Gasteiger partial charge in [-0.3, -0.25) is 4.98 Å². The summed E-state index contributed by atoms with van der Waals surface area (Å²) < 4.78 is 0. The molecule has 0 bridgehead atoms. The maximum absolute atomic E-state index is 4.59. The average Bonchev–Trinajstić information content (AvgIpc) is 2.71. The van der Waals surface area contributed by atoms with Crippen molar-refractivity contribution in [3.05, 3.63) is 35.9 Å². The van der Waals surface area contributed by atoms with Crippen molar-refractivity contribution < 1.29 is 0 Å². The zero-order valence-electron chi connectivity index (χ0n) is 12.9. The second-order valence-corrected chi connectivity index (χ2v) is 5.93. The summed E-state index contributed by atoms with van der Waals surface area (Å²) in [7, 11) is 0. The van der Waals surface area contributed by atoms with Crippen molar-refractivity contribution in [2.75, 3.05) is 4.90 Å². The summed E-state index contributed by atoms with van der Waals surface area (Å²) in [6, 6.07) is 2.72. The molecule has 0 N–H and O–H groups in total. The van der Waals surface area contributed by atoms with Crippen LogP contribution in [0.3, 0.4) is 0 Å². The Hall–Kier alpha value is -1.51.